The number of esters is 1. The van der Waals surface area contributed by atoms with Crippen LogP contribution in [0, 0.1) is 6.92 Å². The molecule has 0 bridgehead atoms. The number of urea groups is 1. The van der Waals surface area contributed by atoms with Gasteiger partial charge in [0, 0.05) is 22.6 Å². The Kier molecular flexibility index (Phi) is 8.19. The molecule has 0 aliphatic carbocycles. The SMILES string of the molecule is Cc1nc(CSc2ccccc2C(=O)OCC(=O)NC(=O)NCc2ccccc2)cs1. The van der Waals surface area contributed by atoms with Crippen LogP contribution in [0.3, 0.4) is 0 Å². The highest BCUT2D eigenvalue weighted by atomic mass is 32.2. The number of imide groups is 1. The molecule has 0 atom stereocenters. The summed E-state index contributed by atoms with van der Waals surface area (Å²) in [6.07, 6.45) is 0. The Morgan fingerprint density at radius 2 is 1.81 bits per heavy atom. The van der Waals surface area contributed by atoms with Crippen LogP contribution in [0.2, 0.25) is 0 Å². The van der Waals surface area contributed by atoms with Crippen molar-refractivity contribution in [3.05, 3.63) is 81.8 Å². The lowest BCUT2D eigenvalue weighted by atomic mass is 10.2. The minimum absolute atomic E-state index is 0.281. The van der Waals surface area contributed by atoms with Crippen LogP contribution in [0.4, 0.5) is 4.79 Å². The minimum atomic E-state index is -0.706. The Morgan fingerprint density at radius 3 is 2.55 bits per heavy atom. The molecule has 0 aliphatic rings. The molecule has 0 radical (unpaired) electrons. The zero-order valence-corrected chi connectivity index (χ0v) is 18.4. The molecule has 3 amide bonds. The highest BCUT2D eigenvalue weighted by Crippen LogP contribution is 2.27. The van der Waals surface area contributed by atoms with Crippen LogP contribution in [-0.2, 0) is 21.8 Å². The molecule has 0 saturated heterocycles. The number of nitrogens with one attached hydrogen (secondary N) is 2. The third kappa shape index (κ3) is 7.23. The zero-order valence-electron chi connectivity index (χ0n) is 16.8. The number of benzene rings is 2. The van der Waals surface area contributed by atoms with E-state index in [2.05, 4.69) is 15.6 Å². The second-order valence-corrected chi connectivity index (χ2v) is 8.51. The van der Waals surface area contributed by atoms with Crippen molar-refractivity contribution in [2.45, 2.75) is 24.1 Å². The van der Waals surface area contributed by atoms with E-state index in [1.165, 1.54) is 11.8 Å². The lowest BCUT2D eigenvalue weighted by molar-refractivity contribution is -0.123. The molecule has 160 valence electrons. The van der Waals surface area contributed by atoms with Gasteiger partial charge in [0.15, 0.2) is 6.61 Å². The fourth-order valence-electron chi connectivity index (χ4n) is 2.58. The standard InChI is InChI=1S/C22H21N3O4S2/c1-15-24-17(13-30-15)14-31-19-10-6-5-9-18(19)21(27)29-12-20(26)25-22(28)23-11-16-7-3-2-4-8-16/h2-10,13H,11-12,14H2,1H3,(H2,23,25,26,28). The van der Waals surface area contributed by atoms with Gasteiger partial charge in [0.1, 0.15) is 0 Å². The topological polar surface area (TPSA) is 97.4 Å². The number of rotatable bonds is 8. The smallest absolute Gasteiger partial charge is 0.339 e. The summed E-state index contributed by atoms with van der Waals surface area (Å²) < 4.78 is 5.09. The number of thioether (sulfide) groups is 1. The van der Waals surface area contributed by atoms with Crippen molar-refractivity contribution in [3.63, 3.8) is 0 Å². The first-order chi connectivity index (χ1) is 15.0. The highest BCUT2D eigenvalue weighted by molar-refractivity contribution is 7.98. The van der Waals surface area contributed by atoms with E-state index in [4.69, 9.17) is 4.74 Å². The lowest BCUT2D eigenvalue weighted by Crippen LogP contribution is -2.41. The summed E-state index contributed by atoms with van der Waals surface area (Å²) in [5.74, 6) is -0.712. The number of thiazole rings is 1. The summed E-state index contributed by atoms with van der Waals surface area (Å²) in [4.78, 5) is 41.4. The van der Waals surface area contributed by atoms with E-state index in [9.17, 15) is 14.4 Å². The van der Waals surface area contributed by atoms with Gasteiger partial charge in [-0.05, 0) is 24.6 Å². The van der Waals surface area contributed by atoms with E-state index in [-0.39, 0.29) is 6.54 Å². The van der Waals surface area contributed by atoms with Crippen LogP contribution in [0.25, 0.3) is 0 Å². The maximum atomic E-state index is 12.5. The van der Waals surface area contributed by atoms with Gasteiger partial charge in [0.2, 0.25) is 0 Å². The molecule has 9 heteroatoms. The van der Waals surface area contributed by atoms with Gasteiger partial charge in [-0.1, -0.05) is 42.5 Å². The largest absolute Gasteiger partial charge is 0.452 e. The van der Waals surface area contributed by atoms with Crippen molar-refractivity contribution in [1.82, 2.24) is 15.6 Å². The third-order valence-electron chi connectivity index (χ3n) is 4.03. The number of nitrogens with zero attached hydrogens (tertiary/aromatic N) is 1. The van der Waals surface area contributed by atoms with Gasteiger partial charge in [0.25, 0.3) is 5.91 Å². The van der Waals surface area contributed by atoms with Gasteiger partial charge < -0.3 is 10.1 Å². The monoisotopic (exact) mass is 455 g/mol. The minimum Gasteiger partial charge on any atom is -0.452 e. The van der Waals surface area contributed by atoms with Crippen LogP contribution < -0.4 is 10.6 Å². The quantitative estimate of drug-likeness (QED) is 0.395. The number of aromatic nitrogens is 1. The number of carbonyl (C=O) groups excluding carboxylic acids is 3. The summed E-state index contributed by atoms with van der Waals surface area (Å²) in [6, 6.07) is 15.7. The third-order valence-corrected chi connectivity index (χ3v) is 5.96. The second-order valence-electron chi connectivity index (χ2n) is 6.44. The number of ether oxygens (including phenoxy) is 1. The molecular weight excluding hydrogens is 434 g/mol. The molecule has 0 fully saturated rings. The van der Waals surface area contributed by atoms with Gasteiger partial charge in [-0.2, -0.15) is 0 Å². The van der Waals surface area contributed by atoms with E-state index in [1.54, 1.807) is 23.5 Å². The molecule has 1 aromatic heterocycles. The van der Waals surface area contributed by atoms with Crippen molar-refractivity contribution in [3.8, 4) is 0 Å². The summed E-state index contributed by atoms with van der Waals surface area (Å²) in [6.45, 7) is 1.67. The van der Waals surface area contributed by atoms with E-state index < -0.39 is 24.5 Å². The van der Waals surface area contributed by atoms with Gasteiger partial charge in [-0.25, -0.2) is 14.6 Å². The first kappa shape index (κ1) is 22.5. The van der Waals surface area contributed by atoms with Gasteiger partial charge in [-0.15, -0.1) is 23.1 Å². The predicted molar refractivity (Wildman–Crippen MR) is 120 cm³/mol. The zero-order chi connectivity index (χ0) is 22.1. The molecule has 2 N–H and O–H groups in total. The first-order valence-corrected chi connectivity index (χ1v) is 11.3. The Hall–Kier alpha value is -3.17. The molecule has 0 unspecified atom stereocenters. The van der Waals surface area contributed by atoms with Crippen LogP contribution in [0.5, 0.6) is 0 Å². The Morgan fingerprint density at radius 1 is 1.06 bits per heavy atom. The summed E-state index contributed by atoms with van der Waals surface area (Å²) in [5, 5.41) is 7.69. The van der Waals surface area contributed by atoms with Gasteiger partial charge >= 0.3 is 12.0 Å². The van der Waals surface area contributed by atoms with E-state index >= 15 is 0 Å². The number of hydrogen-bond donors (Lipinski definition) is 2. The molecule has 0 saturated carbocycles. The fraction of sp³-hybridized carbons (Fsp3) is 0.182. The van der Waals surface area contributed by atoms with Gasteiger partial charge in [0.05, 0.1) is 16.3 Å². The van der Waals surface area contributed by atoms with Crippen molar-refractivity contribution >= 4 is 41.0 Å². The number of amides is 3. The van der Waals surface area contributed by atoms with Crippen molar-refractivity contribution < 1.29 is 19.1 Å². The van der Waals surface area contributed by atoms with Crippen molar-refractivity contribution in [1.29, 1.82) is 0 Å². The molecule has 2 aromatic carbocycles. The van der Waals surface area contributed by atoms with E-state index in [1.807, 2.05) is 54.8 Å². The molecular formula is C22H21N3O4S2. The van der Waals surface area contributed by atoms with Crippen LogP contribution in [-0.4, -0.2) is 29.5 Å². The second kappa shape index (κ2) is 11.3. The Bertz CT molecular complexity index is 1050. The average Bonchev–Trinajstić information content (AvgIpc) is 3.20. The predicted octanol–water partition coefficient (Wildman–Crippen LogP) is 3.93. The molecule has 0 spiro atoms. The first-order valence-electron chi connectivity index (χ1n) is 9.43. The van der Waals surface area contributed by atoms with Crippen LogP contribution in [0.1, 0.15) is 26.6 Å². The van der Waals surface area contributed by atoms with Gasteiger partial charge in [-0.3, -0.25) is 10.1 Å². The number of aryl methyl sites for hydroxylation is 1. The fourth-order valence-corrected chi connectivity index (χ4v) is 4.23. The highest BCUT2D eigenvalue weighted by Gasteiger charge is 2.16. The molecule has 3 aromatic rings. The Labute approximate surface area is 188 Å². The summed E-state index contributed by atoms with van der Waals surface area (Å²) in [5.41, 5.74) is 2.20. The van der Waals surface area contributed by atoms with E-state index in [0.29, 0.717) is 11.3 Å². The number of carbonyl (C=O) groups is 3. The van der Waals surface area contributed by atoms with Crippen molar-refractivity contribution in [2.75, 3.05) is 6.61 Å². The maximum Gasteiger partial charge on any atom is 0.339 e. The molecule has 7 nitrogen and oxygen atoms in total. The normalized spacial score (nSPS) is 10.4. The maximum absolute atomic E-state index is 12.5. The molecule has 1 heterocycles. The van der Waals surface area contributed by atoms with Crippen LogP contribution >= 0.6 is 23.1 Å². The summed E-state index contributed by atoms with van der Waals surface area (Å²) in [7, 11) is 0. The molecule has 3 rings (SSSR count). The average molecular weight is 456 g/mol. The molecule has 0 aliphatic heterocycles. The molecule has 31 heavy (non-hydrogen) atoms. The Balaban J connectivity index is 1.46. The lowest BCUT2D eigenvalue weighted by Gasteiger charge is -2.10. The summed E-state index contributed by atoms with van der Waals surface area (Å²) >= 11 is 3.04. The van der Waals surface area contributed by atoms with Crippen LogP contribution in [0.15, 0.2) is 64.9 Å². The number of hydrogen-bond acceptors (Lipinski definition) is 7. The van der Waals surface area contributed by atoms with E-state index in [0.717, 1.165) is 21.2 Å². The van der Waals surface area contributed by atoms with Crippen molar-refractivity contribution in [2.24, 2.45) is 0 Å².